The average molecular weight is 501 g/mol. The number of aromatic amines is 1. The molecule has 35 heavy (non-hydrogen) atoms. The van der Waals surface area contributed by atoms with Crippen molar-refractivity contribution in [2.75, 3.05) is 12.4 Å². The number of ether oxygens (including phenoxy) is 1. The van der Waals surface area contributed by atoms with Gasteiger partial charge in [0.05, 0.1) is 12.8 Å². The molecule has 0 radical (unpaired) electrons. The molecule has 2 heterocycles. The van der Waals surface area contributed by atoms with E-state index in [1.165, 1.54) is 23.1 Å². The van der Waals surface area contributed by atoms with E-state index in [9.17, 15) is 24.6 Å². The van der Waals surface area contributed by atoms with Gasteiger partial charge >= 0.3 is 11.7 Å². The standard InChI is InChI=1S/C24H28N4O6S/c1-34-22(32)17-13-35-23(25-17)26-20(30)18(11-14-6-3-2-4-7-14)28-19(21(31)27-24(28)33)12-15-8-5-9-16(29)10-15/h5,8-10,13-14,18,29,31H,2-4,6-7,11-12H2,1H3,(H,27,33)(H,25,26,30)/t18-/m0/s1. The fraction of sp³-hybridized carbons (Fsp3) is 0.417. The quantitative estimate of drug-likeness (QED) is 0.346. The van der Waals surface area contributed by atoms with E-state index in [-0.39, 0.29) is 40.5 Å². The fourth-order valence-corrected chi connectivity index (χ4v) is 5.30. The van der Waals surface area contributed by atoms with Crippen molar-refractivity contribution in [1.29, 1.82) is 0 Å². The van der Waals surface area contributed by atoms with Crippen molar-refractivity contribution >= 4 is 28.3 Å². The van der Waals surface area contributed by atoms with E-state index in [1.54, 1.807) is 18.2 Å². The predicted octanol–water partition coefficient (Wildman–Crippen LogP) is 3.57. The number of hydrogen-bond donors (Lipinski definition) is 4. The Morgan fingerprint density at radius 3 is 2.77 bits per heavy atom. The fourth-order valence-electron chi connectivity index (χ4n) is 4.62. The molecule has 0 spiro atoms. The molecule has 1 fully saturated rings. The van der Waals surface area contributed by atoms with Gasteiger partial charge in [-0.15, -0.1) is 11.3 Å². The van der Waals surface area contributed by atoms with Gasteiger partial charge in [0.1, 0.15) is 11.8 Å². The summed E-state index contributed by atoms with van der Waals surface area (Å²) in [6, 6.07) is 5.61. The molecule has 4 rings (SSSR count). The number of carbonyl (C=O) groups is 2. The van der Waals surface area contributed by atoms with Crippen LogP contribution in [0.1, 0.15) is 66.3 Å². The largest absolute Gasteiger partial charge is 0.508 e. The molecule has 3 aromatic rings. The number of esters is 1. The van der Waals surface area contributed by atoms with Crippen LogP contribution in [0.2, 0.25) is 0 Å². The third kappa shape index (κ3) is 5.73. The number of methoxy groups -OCH3 is 1. The topological polar surface area (TPSA) is 147 Å². The number of nitrogens with zero attached hydrogens (tertiary/aromatic N) is 2. The second-order valence-corrected chi connectivity index (χ2v) is 9.57. The Morgan fingerprint density at radius 2 is 2.06 bits per heavy atom. The summed E-state index contributed by atoms with van der Waals surface area (Å²) in [4.78, 5) is 44.7. The number of thiazole rings is 1. The van der Waals surface area contributed by atoms with Crippen molar-refractivity contribution in [2.24, 2.45) is 5.92 Å². The molecule has 4 N–H and O–H groups in total. The van der Waals surface area contributed by atoms with Crippen LogP contribution in [0.4, 0.5) is 5.13 Å². The summed E-state index contributed by atoms with van der Waals surface area (Å²) in [7, 11) is 1.25. The number of anilines is 1. The minimum Gasteiger partial charge on any atom is -0.508 e. The van der Waals surface area contributed by atoms with Gasteiger partial charge in [0.15, 0.2) is 10.8 Å². The molecule has 1 aliphatic carbocycles. The maximum atomic E-state index is 13.5. The van der Waals surface area contributed by atoms with E-state index in [0.717, 1.165) is 43.4 Å². The first kappa shape index (κ1) is 24.5. The van der Waals surface area contributed by atoms with Crippen molar-refractivity contribution in [3.63, 3.8) is 0 Å². The Kier molecular flexibility index (Phi) is 7.54. The van der Waals surface area contributed by atoms with Crippen LogP contribution in [0, 0.1) is 5.92 Å². The first-order valence-corrected chi connectivity index (χ1v) is 12.4. The van der Waals surface area contributed by atoms with Crippen LogP contribution in [-0.2, 0) is 16.0 Å². The number of carbonyl (C=O) groups excluding carboxylic acids is 2. The van der Waals surface area contributed by atoms with Crippen molar-refractivity contribution < 1.29 is 24.5 Å². The second kappa shape index (κ2) is 10.8. The Morgan fingerprint density at radius 1 is 1.29 bits per heavy atom. The number of phenols is 1. The SMILES string of the molecule is COC(=O)c1csc(NC(=O)[C@H](CC2CCCCC2)n2c(Cc3cccc(O)c3)c(O)[nH]c2=O)n1. The number of H-pyrrole nitrogens is 1. The first-order valence-electron chi connectivity index (χ1n) is 11.5. The van der Waals surface area contributed by atoms with Crippen LogP contribution in [-0.4, -0.2) is 43.7 Å². The Bertz CT molecular complexity index is 1260. The lowest BCUT2D eigenvalue weighted by molar-refractivity contribution is -0.120. The summed E-state index contributed by atoms with van der Waals surface area (Å²) >= 11 is 1.08. The highest BCUT2D eigenvalue weighted by atomic mass is 32.1. The number of hydrogen-bond acceptors (Lipinski definition) is 8. The highest BCUT2D eigenvalue weighted by Crippen LogP contribution is 2.33. The maximum absolute atomic E-state index is 13.5. The van der Waals surface area contributed by atoms with E-state index in [2.05, 4.69) is 20.0 Å². The molecule has 2 aromatic heterocycles. The molecule has 1 atom stereocenters. The van der Waals surface area contributed by atoms with Gasteiger partial charge in [-0.05, 0) is 30.0 Å². The van der Waals surface area contributed by atoms with Gasteiger partial charge in [-0.2, -0.15) is 0 Å². The van der Waals surface area contributed by atoms with E-state index in [1.807, 2.05) is 0 Å². The van der Waals surface area contributed by atoms with Gasteiger partial charge in [-0.25, -0.2) is 14.6 Å². The molecule has 10 nitrogen and oxygen atoms in total. The summed E-state index contributed by atoms with van der Waals surface area (Å²) < 4.78 is 5.97. The number of benzene rings is 1. The van der Waals surface area contributed by atoms with Gasteiger partial charge in [0.25, 0.3) is 0 Å². The zero-order valence-corrected chi connectivity index (χ0v) is 20.1. The summed E-state index contributed by atoms with van der Waals surface area (Å²) in [6.45, 7) is 0. The Labute approximate surface area is 205 Å². The lowest BCUT2D eigenvalue weighted by Gasteiger charge is -2.27. The van der Waals surface area contributed by atoms with E-state index in [0.29, 0.717) is 12.0 Å². The predicted molar refractivity (Wildman–Crippen MR) is 130 cm³/mol. The minimum atomic E-state index is -0.902. The smallest absolute Gasteiger partial charge is 0.357 e. The number of imidazole rings is 1. The highest BCUT2D eigenvalue weighted by Gasteiger charge is 2.31. The molecule has 1 amide bonds. The summed E-state index contributed by atoms with van der Waals surface area (Å²) in [5.41, 5.74) is 0.416. The highest BCUT2D eigenvalue weighted by molar-refractivity contribution is 7.14. The Balaban J connectivity index is 1.67. The zero-order valence-electron chi connectivity index (χ0n) is 19.3. The van der Waals surface area contributed by atoms with Crippen molar-refractivity contribution in [2.45, 2.75) is 51.0 Å². The third-order valence-electron chi connectivity index (χ3n) is 6.31. The zero-order chi connectivity index (χ0) is 24.9. The third-order valence-corrected chi connectivity index (χ3v) is 7.07. The minimum absolute atomic E-state index is 0.0631. The van der Waals surface area contributed by atoms with Crippen LogP contribution in [0.5, 0.6) is 11.6 Å². The summed E-state index contributed by atoms with van der Waals surface area (Å²) in [5.74, 6) is -1.07. The van der Waals surface area contributed by atoms with Crippen LogP contribution in [0.15, 0.2) is 34.4 Å². The van der Waals surface area contributed by atoms with Crippen molar-refractivity contribution in [3.8, 4) is 11.6 Å². The number of aromatic nitrogens is 3. The number of phenolic OH excluding ortho intramolecular Hbond substituents is 1. The van der Waals surface area contributed by atoms with Gasteiger partial charge in [-0.1, -0.05) is 44.2 Å². The number of rotatable bonds is 8. The van der Waals surface area contributed by atoms with E-state index >= 15 is 0 Å². The molecule has 0 aliphatic heterocycles. The molecule has 186 valence electrons. The first-order chi connectivity index (χ1) is 16.9. The molecule has 0 saturated heterocycles. The molecule has 11 heteroatoms. The monoisotopic (exact) mass is 500 g/mol. The van der Waals surface area contributed by atoms with Gasteiger partial charge in [0, 0.05) is 11.8 Å². The van der Waals surface area contributed by atoms with Crippen LogP contribution < -0.4 is 11.0 Å². The lowest BCUT2D eigenvalue weighted by Crippen LogP contribution is -2.35. The van der Waals surface area contributed by atoms with E-state index < -0.39 is 23.6 Å². The van der Waals surface area contributed by atoms with Gasteiger partial charge in [-0.3, -0.25) is 14.3 Å². The number of amides is 1. The maximum Gasteiger partial charge on any atom is 0.357 e. The van der Waals surface area contributed by atoms with Crippen molar-refractivity contribution in [1.82, 2.24) is 14.5 Å². The summed E-state index contributed by atoms with van der Waals surface area (Å²) in [6.07, 6.45) is 5.76. The number of aromatic hydroxyl groups is 2. The molecular weight excluding hydrogens is 472 g/mol. The second-order valence-electron chi connectivity index (χ2n) is 8.72. The summed E-state index contributed by atoms with van der Waals surface area (Å²) in [5, 5.41) is 24.8. The van der Waals surface area contributed by atoms with Gasteiger partial charge in [0.2, 0.25) is 11.8 Å². The lowest BCUT2D eigenvalue weighted by atomic mass is 9.84. The molecule has 1 aromatic carbocycles. The van der Waals surface area contributed by atoms with Gasteiger partial charge < -0.3 is 20.3 Å². The molecule has 0 unspecified atom stereocenters. The molecular formula is C24H28N4O6S. The molecule has 1 aliphatic rings. The normalized spacial score (nSPS) is 15.0. The molecule has 0 bridgehead atoms. The van der Waals surface area contributed by atoms with Crippen LogP contribution >= 0.6 is 11.3 Å². The average Bonchev–Trinajstić information content (AvgIpc) is 3.41. The van der Waals surface area contributed by atoms with Crippen LogP contribution in [0.3, 0.4) is 0 Å². The van der Waals surface area contributed by atoms with Crippen molar-refractivity contribution in [3.05, 3.63) is 57.1 Å². The molecule has 1 saturated carbocycles. The van der Waals surface area contributed by atoms with Crippen LogP contribution in [0.25, 0.3) is 0 Å². The van der Waals surface area contributed by atoms with E-state index in [4.69, 9.17) is 0 Å². The number of nitrogens with one attached hydrogen (secondary N) is 2. The Hall–Kier alpha value is -3.60.